The molecule has 2 atom stereocenters. The van der Waals surface area contributed by atoms with Gasteiger partial charge in [-0.1, -0.05) is 11.6 Å². The molecule has 0 fully saturated rings. The van der Waals surface area contributed by atoms with Crippen molar-refractivity contribution in [3.63, 3.8) is 0 Å². The van der Waals surface area contributed by atoms with Crippen LogP contribution in [0.3, 0.4) is 0 Å². The van der Waals surface area contributed by atoms with Crippen LogP contribution < -0.4 is 10.6 Å². The van der Waals surface area contributed by atoms with Crippen molar-refractivity contribution in [2.45, 2.75) is 25.3 Å². The Morgan fingerprint density at radius 2 is 2.03 bits per heavy atom. The highest BCUT2D eigenvalue weighted by atomic mass is 35.5. The van der Waals surface area contributed by atoms with Crippen LogP contribution in [0.15, 0.2) is 30.6 Å². The molecule has 9 nitrogen and oxygen atoms in total. The van der Waals surface area contributed by atoms with E-state index in [-0.39, 0.29) is 16.5 Å². The molecule has 3 N–H and O–H groups in total. The Morgan fingerprint density at radius 1 is 1.30 bits per heavy atom. The number of hydrogen-bond donors (Lipinski definition) is 3. The van der Waals surface area contributed by atoms with Crippen LogP contribution >= 0.6 is 11.6 Å². The van der Waals surface area contributed by atoms with E-state index in [1.165, 1.54) is 30.0 Å². The normalized spacial score (nSPS) is 13.8. The minimum atomic E-state index is -4.88. The van der Waals surface area contributed by atoms with Crippen molar-refractivity contribution < 1.29 is 27.8 Å². The highest BCUT2D eigenvalue weighted by Crippen LogP contribution is 2.32. The lowest BCUT2D eigenvalue weighted by atomic mass is 10.2. The van der Waals surface area contributed by atoms with Crippen molar-refractivity contribution in [1.82, 2.24) is 19.6 Å². The Balaban J connectivity index is 1.84. The molecule has 0 bridgehead atoms. The molecule has 0 aliphatic carbocycles. The van der Waals surface area contributed by atoms with Crippen molar-refractivity contribution in [2.75, 3.05) is 17.7 Å². The summed E-state index contributed by atoms with van der Waals surface area (Å²) in [4.78, 5) is 20.1. The Morgan fingerprint density at radius 3 is 2.70 bits per heavy atom. The number of anilines is 2. The van der Waals surface area contributed by atoms with E-state index in [9.17, 15) is 23.1 Å². The summed E-state index contributed by atoms with van der Waals surface area (Å²) in [5.74, 6) is 0. The second-order valence-electron chi connectivity index (χ2n) is 6.16. The number of hydrogen-bond acceptors (Lipinski definition) is 6. The average Bonchev–Trinajstić information content (AvgIpc) is 3.06. The van der Waals surface area contributed by atoms with Gasteiger partial charge in [0.2, 0.25) is 0 Å². The van der Waals surface area contributed by atoms with Gasteiger partial charge < -0.3 is 20.5 Å². The van der Waals surface area contributed by atoms with Gasteiger partial charge in [-0.25, -0.2) is 14.3 Å². The lowest BCUT2D eigenvalue weighted by Gasteiger charge is -2.17. The number of carbonyl (C=O) groups is 1. The van der Waals surface area contributed by atoms with Gasteiger partial charge in [-0.05, 0) is 19.1 Å². The summed E-state index contributed by atoms with van der Waals surface area (Å²) >= 11 is 5.92. The van der Waals surface area contributed by atoms with Gasteiger partial charge in [0.15, 0.2) is 16.9 Å². The van der Waals surface area contributed by atoms with Crippen molar-refractivity contribution in [3.05, 3.63) is 47.1 Å². The highest BCUT2D eigenvalue weighted by Gasteiger charge is 2.40. The monoisotopic (exact) mass is 444 g/mol. The van der Waals surface area contributed by atoms with E-state index in [0.29, 0.717) is 11.3 Å². The number of pyridine rings is 1. The van der Waals surface area contributed by atoms with Crippen LogP contribution in [0.1, 0.15) is 30.5 Å². The molecular weight excluding hydrogens is 429 g/mol. The number of aromatic nitrogens is 4. The molecule has 13 heteroatoms. The third-order valence-electron chi connectivity index (χ3n) is 4.11. The SMILES string of the molecule is COC(C)c1c(NC(=O)Nc2ccnc(C(O)C(F)(F)F)c2)cnc2cc(Cl)nn12. The molecule has 2 amide bonds. The zero-order valence-electron chi connectivity index (χ0n) is 15.6. The number of alkyl halides is 3. The number of halogens is 4. The molecule has 0 radical (unpaired) electrons. The van der Waals surface area contributed by atoms with Crippen molar-refractivity contribution in [2.24, 2.45) is 0 Å². The van der Waals surface area contributed by atoms with Crippen LogP contribution in [0.4, 0.5) is 29.3 Å². The fourth-order valence-electron chi connectivity index (χ4n) is 2.65. The fourth-order valence-corrected chi connectivity index (χ4v) is 2.82. The molecule has 0 saturated heterocycles. The van der Waals surface area contributed by atoms with E-state index in [1.54, 1.807) is 6.92 Å². The van der Waals surface area contributed by atoms with Gasteiger partial charge in [0.05, 0.1) is 29.4 Å². The summed E-state index contributed by atoms with van der Waals surface area (Å²) < 4.78 is 44.8. The predicted octanol–water partition coefficient (Wildman–Crippen LogP) is 3.72. The molecule has 160 valence electrons. The number of aliphatic hydroxyl groups excluding tert-OH is 1. The second-order valence-corrected chi connectivity index (χ2v) is 6.55. The molecule has 3 aromatic heterocycles. The summed E-state index contributed by atoms with van der Waals surface area (Å²) in [5, 5.41) is 18.6. The highest BCUT2D eigenvalue weighted by molar-refractivity contribution is 6.29. The lowest BCUT2D eigenvalue weighted by Crippen LogP contribution is -2.23. The van der Waals surface area contributed by atoms with Crippen molar-refractivity contribution in [3.8, 4) is 0 Å². The number of carbonyl (C=O) groups excluding carboxylic acids is 1. The maximum atomic E-state index is 12.7. The topological polar surface area (TPSA) is 114 Å². The molecule has 2 unspecified atom stereocenters. The van der Waals surface area contributed by atoms with E-state index in [4.69, 9.17) is 16.3 Å². The molecule has 30 heavy (non-hydrogen) atoms. The first-order chi connectivity index (χ1) is 14.1. The van der Waals surface area contributed by atoms with Gasteiger partial charge in [0.1, 0.15) is 0 Å². The second kappa shape index (κ2) is 8.42. The quantitative estimate of drug-likeness (QED) is 0.552. The van der Waals surface area contributed by atoms with Gasteiger partial charge in [-0.15, -0.1) is 0 Å². The number of methoxy groups -OCH3 is 1. The van der Waals surface area contributed by atoms with Crippen LogP contribution in [0.5, 0.6) is 0 Å². The predicted molar refractivity (Wildman–Crippen MR) is 101 cm³/mol. The maximum absolute atomic E-state index is 12.7. The molecule has 0 saturated carbocycles. The Bertz CT molecular complexity index is 1070. The number of ether oxygens (including phenoxy) is 1. The lowest BCUT2D eigenvalue weighted by molar-refractivity contribution is -0.207. The van der Waals surface area contributed by atoms with Gasteiger partial charge in [0.25, 0.3) is 0 Å². The number of rotatable bonds is 5. The van der Waals surface area contributed by atoms with Gasteiger partial charge in [-0.2, -0.15) is 18.3 Å². The zero-order chi connectivity index (χ0) is 22.1. The average molecular weight is 445 g/mol. The molecule has 3 rings (SSSR count). The molecule has 0 aromatic carbocycles. The standard InChI is InChI=1S/C17H16ClF3N6O3/c1-8(30-2)14-11(7-23-13-6-12(18)26-27(13)14)25-16(29)24-9-3-4-22-10(5-9)15(28)17(19,20)21/h3-8,15,28H,1-2H3,(H2,22,24,25,29). The van der Waals surface area contributed by atoms with Crippen LogP contribution in [-0.2, 0) is 4.74 Å². The summed E-state index contributed by atoms with van der Waals surface area (Å²) in [5.41, 5.74) is 0.484. The minimum Gasteiger partial charge on any atom is -0.378 e. The van der Waals surface area contributed by atoms with Crippen molar-refractivity contribution in [1.29, 1.82) is 0 Å². The minimum absolute atomic E-state index is 0.00156. The first-order valence-corrected chi connectivity index (χ1v) is 8.83. The number of fused-ring (bicyclic) bond motifs is 1. The third kappa shape index (κ3) is 4.61. The number of amides is 2. The molecule has 0 spiro atoms. The van der Waals surface area contributed by atoms with E-state index in [2.05, 4.69) is 25.7 Å². The zero-order valence-corrected chi connectivity index (χ0v) is 16.4. The molecular formula is C17H16ClF3N6O3. The maximum Gasteiger partial charge on any atom is 0.420 e. The Kier molecular flexibility index (Phi) is 6.10. The summed E-state index contributed by atoms with van der Waals surface area (Å²) in [6, 6.07) is 2.96. The van der Waals surface area contributed by atoms with E-state index in [1.807, 2.05) is 0 Å². The molecule has 0 aliphatic rings. The van der Waals surface area contributed by atoms with Crippen LogP contribution in [0.2, 0.25) is 5.15 Å². The summed E-state index contributed by atoms with van der Waals surface area (Å²) in [6.45, 7) is 1.72. The Hall–Kier alpha value is -2.96. The number of nitrogens with zero attached hydrogens (tertiary/aromatic N) is 4. The Labute approximate surface area is 172 Å². The summed E-state index contributed by atoms with van der Waals surface area (Å²) in [7, 11) is 1.47. The number of nitrogens with one attached hydrogen (secondary N) is 2. The van der Waals surface area contributed by atoms with Crippen molar-refractivity contribution >= 4 is 34.7 Å². The van der Waals surface area contributed by atoms with Gasteiger partial charge >= 0.3 is 12.2 Å². The van der Waals surface area contributed by atoms with Crippen LogP contribution in [0, 0.1) is 0 Å². The van der Waals surface area contributed by atoms with E-state index in [0.717, 1.165) is 12.3 Å². The number of aliphatic hydroxyl groups is 1. The van der Waals surface area contributed by atoms with Gasteiger partial charge in [0, 0.05) is 25.1 Å². The molecule has 3 heterocycles. The van der Waals surface area contributed by atoms with Crippen LogP contribution in [0.25, 0.3) is 5.65 Å². The first-order valence-electron chi connectivity index (χ1n) is 8.46. The summed E-state index contributed by atoms with van der Waals surface area (Å²) in [6.07, 6.45) is -5.74. The van der Waals surface area contributed by atoms with E-state index < -0.39 is 30.1 Å². The smallest absolute Gasteiger partial charge is 0.378 e. The van der Waals surface area contributed by atoms with E-state index >= 15 is 0 Å². The van der Waals surface area contributed by atoms with Crippen LogP contribution in [-0.4, -0.2) is 44.0 Å². The fraction of sp³-hybridized carbons (Fsp3) is 0.294. The molecule has 0 aliphatic heterocycles. The largest absolute Gasteiger partial charge is 0.420 e. The van der Waals surface area contributed by atoms with Gasteiger partial charge in [-0.3, -0.25) is 4.98 Å². The first kappa shape index (κ1) is 21.7. The number of urea groups is 1. The molecule has 3 aromatic rings. The third-order valence-corrected chi connectivity index (χ3v) is 4.29.